The van der Waals surface area contributed by atoms with Gasteiger partial charge in [-0.1, -0.05) is 19.0 Å². The van der Waals surface area contributed by atoms with Crippen LogP contribution in [-0.2, 0) is 15.9 Å². The molecule has 5 nitrogen and oxygen atoms in total. The highest BCUT2D eigenvalue weighted by Gasteiger charge is 2.33. The molecule has 0 amide bonds. The largest absolute Gasteiger partial charge is 0.369 e. The van der Waals surface area contributed by atoms with Gasteiger partial charge in [0.25, 0.3) is 5.89 Å². The Bertz CT molecular complexity index is 343. The van der Waals surface area contributed by atoms with Crippen LogP contribution in [0.5, 0.6) is 0 Å². The Labute approximate surface area is 96.4 Å². The first-order valence-electron chi connectivity index (χ1n) is 5.58. The van der Waals surface area contributed by atoms with Crippen LogP contribution in [-0.4, -0.2) is 17.3 Å². The molecule has 92 valence electrons. The number of methoxy groups -OCH3 is 1. The first-order chi connectivity index (χ1) is 7.39. The van der Waals surface area contributed by atoms with Gasteiger partial charge in [0, 0.05) is 7.11 Å². The van der Waals surface area contributed by atoms with Crippen LogP contribution in [0.25, 0.3) is 0 Å². The third kappa shape index (κ3) is 2.25. The summed E-state index contributed by atoms with van der Waals surface area (Å²) < 4.78 is 10.5. The average Bonchev–Trinajstić information content (AvgIpc) is 2.78. The van der Waals surface area contributed by atoms with E-state index < -0.39 is 11.1 Å². The summed E-state index contributed by atoms with van der Waals surface area (Å²) in [6.45, 7) is 7.78. The fourth-order valence-electron chi connectivity index (χ4n) is 1.32. The van der Waals surface area contributed by atoms with E-state index in [0.717, 1.165) is 12.8 Å². The Morgan fingerprint density at radius 1 is 1.31 bits per heavy atom. The van der Waals surface area contributed by atoms with Crippen LogP contribution < -0.4 is 5.73 Å². The summed E-state index contributed by atoms with van der Waals surface area (Å²) in [5.41, 5.74) is 5.11. The summed E-state index contributed by atoms with van der Waals surface area (Å²) in [6, 6.07) is 0. The van der Waals surface area contributed by atoms with Crippen LogP contribution in [0, 0.1) is 0 Å². The second-order valence-corrected chi connectivity index (χ2v) is 4.50. The lowest BCUT2D eigenvalue weighted by atomic mass is 9.93. The number of rotatable bonds is 5. The second kappa shape index (κ2) is 4.51. The molecule has 0 aliphatic rings. The Morgan fingerprint density at radius 3 is 2.31 bits per heavy atom. The third-order valence-electron chi connectivity index (χ3n) is 3.16. The van der Waals surface area contributed by atoms with Crippen molar-refractivity contribution in [3.63, 3.8) is 0 Å². The number of hydrogen-bond acceptors (Lipinski definition) is 5. The summed E-state index contributed by atoms with van der Waals surface area (Å²) in [4.78, 5) is 4.34. The van der Waals surface area contributed by atoms with E-state index in [1.54, 1.807) is 7.11 Å². The van der Waals surface area contributed by atoms with Gasteiger partial charge in [0.1, 0.15) is 5.60 Å². The first-order valence-corrected chi connectivity index (χ1v) is 5.58. The normalized spacial score (nSPS) is 13.1. The second-order valence-electron chi connectivity index (χ2n) is 4.50. The predicted octanol–water partition coefficient (Wildman–Crippen LogP) is 1.93. The van der Waals surface area contributed by atoms with Crippen LogP contribution in [0.15, 0.2) is 4.52 Å². The molecule has 0 atom stereocenters. The van der Waals surface area contributed by atoms with Crippen LogP contribution in [0.2, 0.25) is 0 Å². The molecule has 0 bridgehead atoms. The van der Waals surface area contributed by atoms with Gasteiger partial charge >= 0.3 is 0 Å². The van der Waals surface area contributed by atoms with Gasteiger partial charge in [-0.3, -0.25) is 0 Å². The average molecular weight is 227 g/mol. The summed E-state index contributed by atoms with van der Waals surface area (Å²) in [5.74, 6) is 1.01. The predicted molar refractivity (Wildman–Crippen MR) is 60.8 cm³/mol. The highest BCUT2D eigenvalue weighted by Crippen LogP contribution is 2.27. The van der Waals surface area contributed by atoms with Crippen molar-refractivity contribution < 1.29 is 9.26 Å². The van der Waals surface area contributed by atoms with E-state index in [4.69, 9.17) is 15.0 Å². The van der Waals surface area contributed by atoms with Crippen molar-refractivity contribution in [2.24, 2.45) is 5.73 Å². The van der Waals surface area contributed by atoms with Gasteiger partial charge in [0.2, 0.25) is 0 Å². The fourth-order valence-corrected chi connectivity index (χ4v) is 1.32. The highest BCUT2D eigenvalue weighted by atomic mass is 16.5. The van der Waals surface area contributed by atoms with Crippen molar-refractivity contribution in [1.82, 2.24) is 10.1 Å². The standard InChI is InChI=1S/C11H21N3O2/c1-6-11(12,7-2)8-13-9(16-14-8)10(3,4)15-5/h6-7,12H2,1-5H3. The van der Waals surface area contributed by atoms with E-state index in [9.17, 15) is 0 Å². The summed E-state index contributed by atoms with van der Waals surface area (Å²) in [7, 11) is 1.61. The quantitative estimate of drug-likeness (QED) is 0.831. The number of ether oxygens (including phenoxy) is 1. The van der Waals surface area contributed by atoms with E-state index in [1.165, 1.54) is 0 Å². The van der Waals surface area contributed by atoms with Gasteiger partial charge < -0.3 is 15.0 Å². The summed E-state index contributed by atoms with van der Waals surface area (Å²) >= 11 is 0. The van der Waals surface area contributed by atoms with Crippen LogP contribution in [0.3, 0.4) is 0 Å². The van der Waals surface area contributed by atoms with E-state index in [1.807, 2.05) is 27.7 Å². The Balaban J connectivity index is 3.03. The van der Waals surface area contributed by atoms with Crippen LogP contribution >= 0.6 is 0 Å². The van der Waals surface area contributed by atoms with Gasteiger partial charge in [-0.15, -0.1) is 0 Å². The molecule has 0 saturated heterocycles. The van der Waals surface area contributed by atoms with Crippen molar-refractivity contribution in [2.45, 2.75) is 51.7 Å². The lowest BCUT2D eigenvalue weighted by Gasteiger charge is -2.22. The molecule has 2 N–H and O–H groups in total. The monoisotopic (exact) mass is 227 g/mol. The summed E-state index contributed by atoms with van der Waals surface area (Å²) in [6.07, 6.45) is 1.55. The highest BCUT2D eigenvalue weighted by molar-refractivity contribution is 5.05. The van der Waals surface area contributed by atoms with Crippen molar-refractivity contribution in [1.29, 1.82) is 0 Å². The van der Waals surface area contributed by atoms with Crippen molar-refractivity contribution in [2.75, 3.05) is 7.11 Å². The number of aromatic nitrogens is 2. The molecule has 0 fully saturated rings. The minimum absolute atomic E-state index is 0.460. The van der Waals surface area contributed by atoms with Gasteiger partial charge in [-0.25, -0.2) is 0 Å². The Morgan fingerprint density at radius 2 is 1.88 bits per heavy atom. The maximum absolute atomic E-state index is 6.19. The molecule has 0 spiro atoms. The topological polar surface area (TPSA) is 74.2 Å². The minimum atomic E-state index is -0.576. The van der Waals surface area contributed by atoms with Gasteiger partial charge in [-0.2, -0.15) is 4.98 Å². The van der Waals surface area contributed by atoms with Gasteiger partial charge in [0.15, 0.2) is 5.82 Å². The first kappa shape index (κ1) is 13.1. The lowest BCUT2D eigenvalue weighted by molar-refractivity contribution is -0.00787. The molecule has 0 aliphatic heterocycles. The SMILES string of the molecule is CCC(N)(CC)c1noc(C(C)(C)OC)n1. The van der Waals surface area contributed by atoms with E-state index in [0.29, 0.717) is 11.7 Å². The zero-order valence-corrected chi connectivity index (χ0v) is 10.7. The maximum atomic E-state index is 6.19. The molecule has 1 aromatic heterocycles. The molecule has 5 heteroatoms. The van der Waals surface area contributed by atoms with E-state index >= 15 is 0 Å². The van der Waals surface area contributed by atoms with Crippen molar-refractivity contribution >= 4 is 0 Å². The fraction of sp³-hybridized carbons (Fsp3) is 0.818. The molecule has 0 unspecified atom stereocenters. The number of nitrogens with two attached hydrogens (primary N) is 1. The zero-order chi connectivity index (χ0) is 12.4. The third-order valence-corrected chi connectivity index (χ3v) is 3.16. The van der Waals surface area contributed by atoms with Crippen LogP contribution in [0.4, 0.5) is 0 Å². The molecule has 16 heavy (non-hydrogen) atoms. The molecular weight excluding hydrogens is 206 g/mol. The summed E-state index contributed by atoms with van der Waals surface area (Å²) in [5, 5.41) is 3.95. The van der Waals surface area contributed by atoms with Crippen molar-refractivity contribution in [3.05, 3.63) is 11.7 Å². The molecule has 0 aliphatic carbocycles. The Hall–Kier alpha value is -0.940. The molecule has 1 heterocycles. The van der Waals surface area contributed by atoms with E-state index in [-0.39, 0.29) is 0 Å². The Kier molecular flexibility index (Phi) is 3.70. The number of hydrogen-bond donors (Lipinski definition) is 1. The van der Waals surface area contributed by atoms with Gasteiger partial charge in [0.05, 0.1) is 5.54 Å². The van der Waals surface area contributed by atoms with Gasteiger partial charge in [-0.05, 0) is 26.7 Å². The molecule has 1 aromatic rings. The lowest BCUT2D eigenvalue weighted by Crippen LogP contribution is -2.36. The molecule has 0 aromatic carbocycles. The van der Waals surface area contributed by atoms with Crippen LogP contribution in [0.1, 0.15) is 52.3 Å². The molecule has 1 rings (SSSR count). The smallest absolute Gasteiger partial charge is 0.258 e. The zero-order valence-electron chi connectivity index (χ0n) is 10.7. The van der Waals surface area contributed by atoms with Crippen molar-refractivity contribution in [3.8, 4) is 0 Å². The molecule has 0 saturated carbocycles. The number of nitrogens with zero attached hydrogens (tertiary/aromatic N) is 2. The minimum Gasteiger partial charge on any atom is -0.369 e. The van der Waals surface area contributed by atoms with E-state index in [2.05, 4.69) is 10.1 Å². The molecular formula is C11H21N3O2. The molecule has 0 radical (unpaired) electrons. The maximum Gasteiger partial charge on any atom is 0.258 e.